The third kappa shape index (κ3) is 11.0. The van der Waals surface area contributed by atoms with Crippen LogP contribution in [0.2, 0.25) is 0 Å². The van der Waals surface area contributed by atoms with E-state index in [-0.39, 0.29) is 21.9 Å². The SMILES string of the molecule is CCCCCCCCCCCCCCCCCCNC(=O)c1c(NS(=O)(=O)c2ccccc2)cc2ccccc2c1O. The number of carbonyl (C=O) groups is 1. The first kappa shape index (κ1) is 33.4. The number of anilines is 1. The molecule has 0 radical (unpaired) electrons. The summed E-state index contributed by atoms with van der Waals surface area (Å²) in [5.74, 6) is -0.728. The number of hydrogen-bond donors (Lipinski definition) is 3. The number of fused-ring (bicyclic) bond motifs is 1. The van der Waals surface area contributed by atoms with Crippen molar-refractivity contribution in [1.29, 1.82) is 0 Å². The van der Waals surface area contributed by atoms with E-state index in [1.54, 1.807) is 48.5 Å². The van der Waals surface area contributed by atoms with Crippen molar-refractivity contribution in [1.82, 2.24) is 5.32 Å². The van der Waals surface area contributed by atoms with E-state index >= 15 is 0 Å². The van der Waals surface area contributed by atoms with Crippen molar-refractivity contribution in [3.8, 4) is 5.75 Å². The molecule has 0 bridgehead atoms. The molecule has 0 saturated heterocycles. The van der Waals surface area contributed by atoms with Crippen LogP contribution in [0.25, 0.3) is 10.8 Å². The zero-order valence-electron chi connectivity index (χ0n) is 25.4. The molecule has 42 heavy (non-hydrogen) atoms. The van der Waals surface area contributed by atoms with Gasteiger partial charge in [0.25, 0.3) is 15.9 Å². The molecular formula is C35H50N2O4S. The predicted molar refractivity (Wildman–Crippen MR) is 175 cm³/mol. The summed E-state index contributed by atoms with van der Waals surface area (Å²) in [6.45, 7) is 2.73. The molecule has 230 valence electrons. The summed E-state index contributed by atoms with van der Waals surface area (Å²) in [5, 5.41) is 15.0. The molecule has 6 nitrogen and oxygen atoms in total. The Morgan fingerprint density at radius 1 is 0.690 bits per heavy atom. The maximum atomic E-state index is 13.2. The van der Waals surface area contributed by atoms with E-state index in [1.807, 2.05) is 0 Å². The van der Waals surface area contributed by atoms with Gasteiger partial charge >= 0.3 is 0 Å². The number of sulfonamides is 1. The van der Waals surface area contributed by atoms with Gasteiger partial charge in [0, 0.05) is 11.9 Å². The third-order valence-electron chi connectivity index (χ3n) is 7.86. The maximum Gasteiger partial charge on any atom is 0.261 e. The summed E-state index contributed by atoms with van der Waals surface area (Å²) in [5.41, 5.74) is -0.00998. The summed E-state index contributed by atoms with van der Waals surface area (Å²) in [6, 6.07) is 16.6. The molecule has 1 amide bonds. The molecule has 3 aromatic rings. The average Bonchev–Trinajstić information content (AvgIpc) is 2.99. The van der Waals surface area contributed by atoms with E-state index in [9.17, 15) is 18.3 Å². The highest BCUT2D eigenvalue weighted by Crippen LogP contribution is 2.36. The van der Waals surface area contributed by atoms with Crippen LogP contribution in [0.3, 0.4) is 0 Å². The van der Waals surface area contributed by atoms with Gasteiger partial charge in [-0.2, -0.15) is 0 Å². The van der Waals surface area contributed by atoms with Crippen molar-refractivity contribution in [2.75, 3.05) is 11.3 Å². The third-order valence-corrected chi connectivity index (χ3v) is 9.24. The zero-order chi connectivity index (χ0) is 30.0. The lowest BCUT2D eigenvalue weighted by Crippen LogP contribution is -2.26. The Hall–Kier alpha value is -3.06. The van der Waals surface area contributed by atoms with E-state index in [0.717, 1.165) is 19.3 Å². The van der Waals surface area contributed by atoms with Crippen molar-refractivity contribution in [3.63, 3.8) is 0 Å². The second kappa shape index (κ2) is 18.5. The van der Waals surface area contributed by atoms with Crippen LogP contribution < -0.4 is 10.0 Å². The molecule has 0 aliphatic carbocycles. The fraction of sp³-hybridized carbons (Fsp3) is 0.514. The van der Waals surface area contributed by atoms with Gasteiger partial charge in [0.15, 0.2) is 0 Å². The van der Waals surface area contributed by atoms with Crippen molar-refractivity contribution >= 4 is 32.4 Å². The maximum absolute atomic E-state index is 13.2. The van der Waals surface area contributed by atoms with Gasteiger partial charge in [-0.15, -0.1) is 0 Å². The second-order valence-corrected chi connectivity index (χ2v) is 13.0. The Labute approximate surface area is 253 Å². The molecule has 0 aliphatic heterocycles. The summed E-state index contributed by atoms with van der Waals surface area (Å²) >= 11 is 0. The van der Waals surface area contributed by atoms with Gasteiger partial charge in [-0.3, -0.25) is 9.52 Å². The van der Waals surface area contributed by atoms with Gasteiger partial charge in [-0.05, 0) is 30.0 Å². The zero-order valence-corrected chi connectivity index (χ0v) is 26.2. The highest BCUT2D eigenvalue weighted by Gasteiger charge is 2.23. The van der Waals surface area contributed by atoms with Gasteiger partial charge in [-0.1, -0.05) is 146 Å². The second-order valence-electron chi connectivity index (χ2n) is 11.3. The Morgan fingerprint density at radius 3 is 1.76 bits per heavy atom. The van der Waals surface area contributed by atoms with Crippen LogP contribution >= 0.6 is 0 Å². The van der Waals surface area contributed by atoms with Crippen LogP contribution in [0.4, 0.5) is 5.69 Å². The predicted octanol–water partition coefficient (Wildman–Crippen LogP) is 9.34. The Kier molecular flexibility index (Phi) is 14.7. The van der Waals surface area contributed by atoms with Gasteiger partial charge < -0.3 is 10.4 Å². The topological polar surface area (TPSA) is 95.5 Å². The van der Waals surface area contributed by atoms with Crippen LogP contribution in [0.1, 0.15) is 120 Å². The van der Waals surface area contributed by atoms with Crippen LogP contribution in [0.5, 0.6) is 5.75 Å². The van der Waals surface area contributed by atoms with E-state index in [4.69, 9.17) is 0 Å². The molecule has 0 atom stereocenters. The number of unbranched alkanes of at least 4 members (excludes halogenated alkanes) is 15. The quantitative estimate of drug-likeness (QED) is 0.107. The highest BCUT2D eigenvalue weighted by molar-refractivity contribution is 7.92. The van der Waals surface area contributed by atoms with Crippen molar-refractivity contribution in [3.05, 3.63) is 66.2 Å². The molecule has 0 aliphatic rings. The minimum atomic E-state index is -3.95. The minimum absolute atomic E-state index is 0.0551. The van der Waals surface area contributed by atoms with Gasteiger partial charge in [0.05, 0.1) is 10.6 Å². The number of aromatic hydroxyl groups is 1. The van der Waals surface area contributed by atoms with Crippen LogP contribution in [0, 0.1) is 0 Å². The first-order valence-electron chi connectivity index (χ1n) is 16.0. The number of hydrogen-bond acceptors (Lipinski definition) is 4. The number of rotatable bonds is 21. The van der Waals surface area contributed by atoms with Crippen LogP contribution in [-0.2, 0) is 10.0 Å². The van der Waals surface area contributed by atoms with Gasteiger partial charge in [0.2, 0.25) is 0 Å². The lowest BCUT2D eigenvalue weighted by molar-refractivity contribution is 0.0951. The Bertz CT molecular complexity index is 1330. The number of carbonyl (C=O) groups excluding carboxylic acids is 1. The average molecular weight is 595 g/mol. The summed E-state index contributed by atoms with van der Waals surface area (Å²) in [6.07, 6.45) is 20.5. The number of phenolic OH excluding ortho intramolecular Hbond substituents is 1. The molecule has 0 unspecified atom stereocenters. The molecule has 0 fully saturated rings. The first-order chi connectivity index (χ1) is 20.4. The highest BCUT2D eigenvalue weighted by atomic mass is 32.2. The van der Waals surface area contributed by atoms with E-state index < -0.39 is 15.9 Å². The molecule has 3 aromatic carbocycles. The molecular weight excluding hydrogens is 544 g/mol. The van der Waals surface area contributed by atoms with Gasteiger partial charge in [0.1, 0.15) is 11.3 Å². The van der Waals surface area contributed by atoms with E-state index in [1.165, 1.54) is 95.6 Å². The lowest BCUT2D eigenvalue weighted by Gasteiger charge is -2.16. The monoisotopic (exact) mass is 594 g/mol. The van der Waals surface area contributed by atoms with Crippen LogP contribution in [0.15, 0.2) is 65.6 Å². The fourth-order valence-corrected chi connectivity index (χ4v) is 6.49. The molecule has 3 rings (SSSR count). The van der Waals surface area contributed by atoms with Gasteiger partial charge in [-0.25, -0.2) is 8.42 Å². The Morgan fingerprint density at radius 2 is 1.19 bits per heavy atom. The molecule has 0 saturated carbocycles. The smallest absolute Gasteiger partial charge is 0.261 e. The largest absolute Gasteiger partial charge is 0.506 e. The molecule has 0 spiro atoms. The fourth-order valence-electron chi connectivity index (χ4n) is 5.41. The summed E-state index contributed by atoms with van der Waals surface area (Å²) in [4.78, 5) is 13.3. The standard InChI is InChI=1S/C35H50N2O4S/c1-2-3-4-5-6-7-8-9-10-11-12-13-14-15-16-22-27-36-35(39)33-32(28-29-23-20-21-26-31(29)34(33)38)37-42(40,41)30-24-18-17-19-25-30/h17-21,23-26,28,37-38H,2-16,22,27H2,1H3,(H,36,39). The minimum Gasteiger partial charge on any atom is -0.506 e. The lowest BCUT2D eigenvalue weighted by atomic mass is 10.0. The van der Waals surface area contributed by atoms with E-state index in [0.29, 0.717) is 17.3 Å². The van der Waals surface area contributed by atoms with Crippen molar-refractivity contribution in [2.24, 2.45) is 0 Å². The Balaban J connectivity index is 1.39. The first-order valence-corrected chi connectivity index (χ1v) is 17.5. The summed E-state index contributed by atoms with van der Waals surface area (Å²) < 4.78 is 28.6. The normalized spacial score (nSPS) is 11.5. The number of phenols is 1. The van der Waals surface area contributed by atoms with E-state index in [2.05, 4.69) is 17.0 Å². The molecule has 3 N–H and O–H groups in total. The number of benzene rings is 3. The molecule has 0 aromatic heterocycles. The number of nitrogens with one attached hydrogen (secondary N) is 2. The van der Waals surface area contributed by atoms with Crippen molar-refractivity contribution in [2.45, 2.75) is 115 Å². The molecule has 0 heterocycles. The number of amides is 1. The van der Waals surface area contributed by atoms with Crippen molar-refractivity contribution < 1.29 is 18.3 Å². The van der Waals surface area contributed by atoms with Crippen LogP contribution in [-0.4, -0.2) is 26.0 Å². The molecule has 7 heteroatoms. The summed E-state index contributed by atoms with van der Waals surface area (Å²) in [7, 11) is -3.95.